The highest BCUT2D eigenvalue weighted by atomic mass is 16.4. The summed E-state index contributed by atoms with van der Waals surface area (Å²) in [4.78, 5) is 12.5. The van der Waals surface area contributed by atoms with Gasteiger partial charge in [-0.15, -0.1) is 0 Å². The zero-order valence-corrected chi connectivity index (χ0v) is 24.0. The first-order valence-corrected chi connectivity index (χ1v) is 15.0. The van der Waals surface area contributed by atoms with Crippen molar-refractivity contribution in [1.82, 2.24) is 0 Å². The van der Waals surface area contributed by atoms with E-state index >= 15 is 0 Å². The number of fused-ring (bicyclic) bond motifs is 2. The third kappa shape index (κ3) is 3.22. The van der Waals surface area contributed by atoms with E-state index in [1.807, 2.05) is 13.8 Å². The van der Waals surface area contributed by atoms with Crippen molar-refractivity contribution in [2.45, 2.75) is 124 Å². The van der Waals surface area contributed by atoms with Crippen LogP contribution in [-0.4, -0.2) is 55.9 Å². The van der Waals surface area contributed by atoms with Gasteiger partial charge in [0, 0.05) is 11.8 Å². The van der Waals surface area contributed by atoms with Crippen LogP contribution in [0.5, 0.6) is 0 Å². The molecule has 0 bridgehead atoms. The van der Waals surface area contributed by atoms with Crippen molar-refractivity contribution in [3.05, 3.63) is 0 Å². The molecule has 0 aromatic carbocycles. The molecular formula is C31H52O6. The quantitative estimate of drug-likeness (QED) is 0.334. The Morgan fingerprint density at radius 3 is 2.19 bits per heavy atom. The van der Waals surface area contributed by atoms with Crippen LogP contribution < -0.4 is 0 Å². The van der Waals surface area contributed by atoms with Crippen LogP contribution in [0.1, 0.15) is 106 Å². The monoisotopic (exact) mass is 520 g/mol. The van der Waals surface area contributed by atoms with E-state index in [9.17, 15) is 30.3 Å². The summed E-state index contributed by atoms with van der Waals surface area (Å²) < 4.78 is 0. The predicted octanol–water partition coefficient (Wildman–Crippen LogP) is 4.62. The Morgan fingerprint density at radius 1 is 0.946 bits per heavy atom. The van der Waals surface area contributed by atoms with E-state index in [4.69, 9.17) is 0 Å². The van der Waals surface area contributed by atoms with Crippen molar-refractivity contribution in [2.24, 2.45) is 56.7 Å². The summed E-state index contributed by atoms with van der Waals surface area (Å²) in [6, 6.07) is 0. The lowest BCUT2D eigenvalue weighted by atomic mass is 9.41. The van der Waals surface area contributed by atoms with Gasteiger partial charge in [-0.05, 0) is 111 Å². The Hall–Kier alpha value is -0.690. The van der Waals surface area contributed by atoms with Crippen molar-refractivity contribution in [3.63, 3.8) is 0 Å². The maximum absolute atomic E-state index is 12.5. The summed E-state index contributed by atoms with van der Waals surface area (Å²) in [5.74, 6) is 0.404. The van der Waals surface area contributed by atoms with Crippen LogP contribution in [0.25, 0.3) is 0 Å². The topological polar surface area (TPSA) is 118 Å². The van der Waals surface area contributed by atoms with E-state index in [0.29, 0.717) is 24.2 Å². The second-order valence-corrected chi connectivity index (χ2v) is 15.3. The largest absolute Gasteiger partial charge is 0.481 e. The van der Waals surface area contributed by atoms with Crippen LogP contribution in [-0.2, 0) is 4.79 Å². The highest BCUT2D eigenvalue weighted by Crippen LogP contribution is 2.89. The molecule has 6 nitrogen and oxygen atoms in total. The van der Waals surface area contributed by atoms with Gasteiger partial charge in [-0.2, -0.15) is 0 Å². The van der Waals surface area contributed by atoms with Crippen molar-refractivity contribution in [1.29, 1.82) is 0 Å². The van der Waals surface area contributed by atoms with E-state index in [2.05, 4.69) is 20.8 Å². The molecule has 2 spiro atoms. The molecular weight excluding hydrogens is 468 g/mol. The number of aliphatic carboxylic acids is 1. The summed E-state index contributed by atoms with van der Waals surface area (Å²) in [7, 11) is 0. The fraction of sp³-hybridized carbons (Fsp3) is 0.968. The predicted molar refractivity (Wildman–Crippen MR) is 142 cm³/mol. The molecule has 0 aliphatic heterocycles. The zero-order chi connectivity index (χ0) is 27.4. The molecule has 0 saturated heterocycles. The van der Waals surface area contributed by atoms with Crippen molar-refractivity contribution < 1.29 is 30.3 Å². The minimum atomic E-state index is -1.19. The van der Waals surface area contributed by atoms with E-state index < -0.39 is 29.2 Å². The van der Waals surface area contributed by atoms with Gasteiger partial charge in [0.25, 0.3) is 0 Å². The van der Waals surface area contributed by atoms with Crippen molar-refractivity contribution in [3.8, 4) is 0 Å². The minimum absolute atomic E-state index is 0.00659. The van der Waals surface area contributed by atoms with Crippen molar-refractivity contribution in [2.75, 3.05) is 6.61 Å². The highest BCUT2D eigenvalue weighted by molar-refractivity contribution is 5.76. The molecule has 0 aromatic rings. The molecule has 5 fully saturated rings. The highest BCUT2D eigenvalue weighted by Gasteiger charge is 2.85. The maximum atomic E-state index is 12.5. The lowest BCUT2D eigenvalue weighted by molar-refractivity contribution is -0.210. The molecule has 0 aromatic heterocycles. The van der Waals surface area contributed by atoms with Crippen molar-refractivity contribution >= 4 is 5.97 Å². The van der Waals surface area contributed by atoms with Gasteiger partial charge in [0.15, 0.2) is 0 Å². The first-order chi connectivity index (χ1) is 17.1. The van der Waals surface area contributed by atoms with E-state index in [1.165, 1.54) is 6.42 Å². The van der Waals surface area contributed by atoms with Gasteiger partial charge in [-0.25, -0.2) is 0 Å². The summed E-state index contributed by atoms with van der Waals surface area (Å²) in [5, 5.41) is 53.4. The second kappa shape index (κ2) is 8.41. The fourth-order valence-corrected chi connectivity index (χ4v) is 11.5. The summed E-state index contributed by atoms with van der Waals surface area (Å²) in [6.45, 7) is 12.8. The number of hydrogen-bond acceptors (Lipinski definition) is 5. The third-order valence-corrected chi connectivity index (χ3v) is 14.4. The molecule has 5 aliphatic rings. The average Bonchev–Trinajstić information content (AvgIpc) is 3.45. The Labute approximate surface area is 223 Å². The Balaban J connectivity index is 1.41. The molecule has 0 heterocycles. The van der Waals surface area contributed by atoms with Crippen LogP contribution in [0.15, 0.2) is 0 Å². The maximum Gasteiger partial charge on any atom is 0.312 e. The molecule has 0 amide bonds. The van der Waals surface area contributed by atoms with E-state index in [1.54, 1.807) is 6.92 Å². The molecule has 37 heavy (non-hydrogen) atoms. The van der Waals surface area contributed by atoms with Gasteiger partial charge in [-0.3, -0.25) is 4.79 Å². The third-order valence-electron chi connectivity index (χ3n) is 14.4. The number of hydrogen-bond donors (Lipinski definition) is 5. The van der Waals surface area contributed by atoms with Gasteiger partial charge in [0.2, 0.25) is 0 Å². The van der Waals surface area contributed by atoms with Gasteiger partial charge in [0.1, 0.15) is 0 Å². The average molecular weight is 521 g/mol. The van der Waals surface area contributed by atoms with E-state index in [0.717, 1.165) is 44.9 Å². The number of rotatable bonds is 7. The Bertz CT molecular complexity index is 937. The zero-order valence-electron chi connectivity index (χ0n) is 24.0. The number of carbonyl (C=O) groups is 1. The molecule has 212 valence electrons. The number of carboxylic acid groups (broad SMARTS) is 1. The van der Waals surface area contributed by atoms with Gasteiger partial charge < -0.3 is 25.5 Å². The Morgan fingerprint density at radius 2 is 1.59 bits per heavy atom. The summed E-state index contributed by atoms with van der Waals surface area (Å²) in [5.41, 5.74) is -2.28. The number of aliphatic hydroxyl groups excluding tert-OH is 3. The first-order valence-electron chi connectivity index (χ1n) is 15.0. The molecule has 5 N–H and O–H groups in total. The van der Waals surface area contributed by atoms with Gasteiger partial charge >= 0.3 is 5.97 Å². The molecule has 6 heteroatoms. The van der Waals surface area contributed by atoms with Crippen LogP contribution in [0.3, 0.4) is 0 Å². The second-order valence-electron chi connectivity index (χ2n) is 15.3. The molecule has 5 rings (SSSR count). The SMILES string of the molecule is CC(C)[C@](O)(CO)CC[C@@H](C)[C@H]1CC[C@@]2(C)[C@@H]3CCC4[C@](C)(C(=O)O)[C@@H](O)C[C@H](O)[C@@]45C[C@@]35CC[C@]12C. The molecule has 5 aliphatic carbocycles. The summed E-state index contributed by atoms with van der Waals surface area (Å²) >= 11 is 0. The minimum Gasteiger partial charge on any atom is -0.481 e. The summed E-state index contributed by atoms with van der Waals surface area (Å²) in [6.07, 6.45) is 7.20. The molecule has 1 unspecified atom stereocenters. The molecule has 5 saturated carbocycles. The fourth-order valence-electron chi connectivity index (χ4n) is 11.5. The lowest BCUT2D eigenvalue weighted by Gasteiger charge is -2.63. The van der Waals surface area contributed by atoms with E-state index in [-0.39, 0.29) is 46.5 Å². The number of aliphatic hydroxyl groups is 4. The van der Waals surface area contributed by atoms with Gasteiger partial charge in [0.05, 0.1) is 29.8 Å². The lowest BCUT2D eigenvalue weighted by Crippen LogP contribution is -2.63. The van der Waals surface area contributed by atoms with Crippen LogP contribution in [0.4, 0.5) is 0 Å². The van der Waals surface area contributed by atoms with Gasteiger partial charge in [-0.1, -0.05) is 34.6 Å². The number of carboxylic acids is 1. The molecule has 12 atom stereocenters. The Kier molecular flexibility index (Phi) is 6.33. The standard InChI is InChI=1S/C31H52O6/c1-18(2)30(37,17-32)12-9-19(3)20-10-11-27(5)21-7-8-22-28(6,25(35)36)23(33)15-24(34)31(22)16-29(21,31)14-13-26(20,27)4/h18-24,32-34,37H,7-17H2,1-6H3,(H,35,36)/t19-,20-,21+,22?,23+,24+,26-,27+,28+,29+,30-,31-/m1/s1. The van der Waals surface area contributed by atoms with Crippen LogP contribution >= 0.6 is 0 Å². The van der Waals surface area contributed by atoms with Crippen LogP contribution in [0, 0.1) is 56.7 Å². The van der Waals surface area contributed by atoms with Crippen LogP contribution in [0.2, 0.25) is 0 Å². The smallest absolute Gasteiger partial charge is 0.312 e. The first kappa shape index (κ1) is 27.9. The normalized spacial score (nSPS) is 52.9. The molecule has 0 radical (unpaired) electrons.